The van der Waals surface area contributed by atoms with Crippen molar-refractivity contribution < 1.29 is 4.79 Å². The van der Waals surface area contributed by atoms with Gasteiger partial charge in [-0.3, -0.25) is 4.79 Å². The van der Waals surface area contributed by atoms with Gasteiger partial charge in [0.15, 0.2) is 10.3 Å². The van der Waals surface area contributed by atoms with Gasteiger partial charge in [0.1, 0.15) is 0 Å². The molecule has 0 radical (unpaired) electrons. The highest BCUT2D eigenvalue weighted by Gasteiger charge is 2.20. The number of aromatic amines is 1. The van der Waals surface area contributed by atoms with Crippen LogP contribution >= 0.6 is 23.1 Å². The summed E-state index contributed by atoms with van der Waals surface area (Å²) in [7, 11) is 0. The van der Waals surface area contributed by atoms with Crippen molar-refractivity contribution in [2.45, 2.75) is 17.3 Å². The maximum absolute atomic E-state index is 12.4. The summed E-state index contributed by atoms with van der Waals surface area (Å²) in [5.74, 6) is -0.0983. The SMILES string of the molecule is C[C@H](Sc1nc(-c2ccccc2)c(-c2ccccc2)[nH]1)C(=O)Nc1nccs1. The molecule has 0 saturated carbocycles. The number of carbonyl (C=O) groups excluding carboxylic acids is 1. The average Bonchev–Trinajstić information content (AvgIpc) is 3.39. The second-order valence-corrected chi connectivity index (χ2v) is 8.31. The van der Waals surface area contributed by atoms with Gasteiger partial charge in [0, 0.05) is 22.7 Å². The van der Waals surface area contributed by atoms with Crippen LogP contribution in [0.15, 0.2) is 77.4 Å². The summed E-state index contributed by atoms with van der Waals surface area (Å²) in [6, 6.07) is 20.1. The molecule has 28 heavy (non-hydrogen) atoms. The number of hydrogen-bond donors (Lipinski definition) is 2. The Bertz CT molecular complexity index is 990. The summed E-state index contributed by atoms with van der Waals surface area (Å²) < 4.78 is 0. The van der Waals surface area contributed by atoms with E-state index in [9.17, 15) is 4.79 Å². The van der Waals surface area contributed by atoms with Crippen molar-refractivity contribution in [3.63, 3.8) is 0 Å². The zero-order valence-corrected chi connectivity index (χ0v) is 16.8. The molecule has 140 valence electrons. The molecule has 2 aromatic heterocycles. The molecule has 0 aliphatic carbocycles. The van der Waals surface area contributed by atoms with Crippen LogP contribution in [0.25, 0.3) is 22.5 Å². The first-order valence-electron chi connectivity index (χ1n) is 8.78. The Balaban J connectivity index is 1.61. The van der Waals surface area contributed by atoms with E-state index in [0.29, 0.717) is 10.3 Å². The summed E-state index contributed by atoms with van der Waals surface area (Å²) in [6.45, 7) is 1.86. The van der Waals surface area contributed by atoms with Crippen molar-refractivity contribution >= 4 is 34.1 Å². The fraction of sp³-hybridized carbons (Fsp3) is 0.0952. The van der Waals surface area contributed by atoms with Crippen molar-refractivity contribution in [1.82, 2.24) is 15.0 Å². The molecule has 1 atom stereocenters. The van der Waals surface area contributed by atoms with Crippen molar-refractivity contribution in [2.24, 2.45) is 0 Å². The molecule has 4 aromatic rings. The molecule has 7 heteroatoms. The summed E-state index contributed by atoms with van der Waals surface area (Å²) in [4.78, 5) is 24.7. The zero-order valence-electron chi connectivity index (χ0n) is 15.1. The van der Waals surface area contributed by atoms with Crippen LogP contribution in [0, 0.1) is 0 Å². The van der Waals surface area contributed by atoms with Crippen molar-refractivity contribution in [3.8, 4) is 22.5 Å². The number of aromatic nitrogens is 3. The summed E-state index contributed by atoms with van der Waals surface area (Å²) >= 11 is 2.80. The van der Waals surface area contributed by atoms with E-state index in [1.165, 1.54) is 23.1 Å². The third-order valence-electron chi connectivity index (χ3n) is 4.11. The number of amides is 1. The number of nitrogens with zero attached hydrogens (tertiary/aromatic N) is 2. The third kappa shape index (κ3) is 4.16. The molecular weight excluding hydrogens is 388 g/mol. The number of H-pyrrole nitrogens is 1. The second-order valence-electron chi connectivity index (χ2n) is 6.08. The lowest BCUT2D eigenvalue weighted by Gasteiger charge is -2.08. The van der Waals surface area contributed by atoms with E-state index in [4.69, 9.17) is 4.98 Å². The molecule has 2 heterocycles. The third-order valence-corrected chi connectivity index (χ3v) is 5.78. The lowest BCUT2D eigenvalue weighted by molar-refractivity contribution is -0.115. The van der Waals surface area contributed by atoms with E-state index in [2.05, 4.69) is 15.3 Å². The first-order chi connectivity index (χ1) is 13.7. The quantitative estimate of drug-likeness (QED) is 0.425. The average molecular weight is 407 g/mol. The van der Waals surface area contributed by atoms with E-state index in [1.807, 2.05) is 73.0 Å². The first-order valence-corrected chi connectivity index (χ1v) is 10.5. The van der Waals surface area contributed by atoms with Gasteiger partial charge < -0.3 is 10.3 Å². The van der Waals surface area contributed by atoms with Gasteiger partial charge in [0.25, 0.3) is 0 Å². The van der Waals surface area contributed by atoms with Gasteiger partial charge in [-0.15, -0.1) is 11.3 Å². The van der Waals surface area contributed by atoms with Crippen molar-refractivity contribution in [2.75, 3.05) is 5.32 Å². The van der Waals surface area contributed by atoms with E-state index in [1.54, 1.807) is 6.20 Å². The molecule has 0 aliphatic heterocycles. The van der Waals surface area contributed by atoms with Gasteiger partial charge in [0.2, 0.25) is 5.91 Å². The van der Waals surface area contributed by atoms with Gasteiger partial charge in [0.05, 0.1) is 16.6 Å². The van der Waals surface area contributed by atoms with Gasteiger partial charge in [-0.25, -0.2) is 9.97 Å². The maximum Gasteiger partial charge on any atom is 0.239 e. The summed E-state index contributed by atoms with van der Waals surface area (Å²) in [5.41, 5.74) is 3.91. The number of carbonyl (C=O) groups is 1. The Morgan fingerprint density at radius 2 is 1.75 bits per heavy atom. The molecule has 1 amide bonds. The number of benzene rings is 2. The highest BCUT2D eigenvalue weighted by molar-refractivity contribution is 8.00. The largest absolute Gasteiger partial charge is 0.332 e. The summed E-state index contributed by atoms with van der Waals surface area (Å²) in [5, 5.41) is 5.66. The second kappa shape index (κ2) is 8.41. The van der Waals surface area contributed by atoms with Crippen LogP contribution in [0.1, 0.15) is 6.92 Å². The Morgan fingerprint density at radius 3 is 2.39 bits per heavy atom. The molecule has 2 N–H and O–H groups in total. The van der Waals surface area contributed by atoms with Gasteiger partial charge in [-0.05, 0) is 6.92 Å². The van der Waals surface area contributed by atoms with E-state index in [-0.39, 0.29) is 11.2 Å². The fourth-order valence-electron chi connectivity index (χ4n) is 2.74. The number of thiazole rings is 1. The topological polar surface area (TPSA) is 70.7 Å². The number of thioether (sulfide) groups is 1. The normalized spacial score (nSPS) is 11.9. The minimum atomic E-state index is -0.317. The molecule has 0 bridgehead atoms. The molecule has 0 saturated heterocycles. The maximum atomic E-state index is 12.4. The standard InChI is InChI=1S/C21H18N4OS2/c1-14(19(26)25-20-22-12-13-27-20)28-21-23-17(15-8-4-2-5-9-15)18(24-21)16-10-6-3-7-11-16/h2-14H,1H3,(H,23,24)(H,22,25,26)/t14-/m0/s1. The fourth-order valence-corrected chi connectivity index (χ4v) is 4.08. The number of rotatable bonds is 6. The van der Waals surface area contributed by atoms with Crippen LogP contribution in [0.4, 0.5) is 5.13 Å². The van der Waals surface area contributed by atoms with Crippen molar-refractivity contribution in [1.29, 1.82) is 0 Å². The molecule has 4 rings (SSSR count). The molecule has 2 aromatic carbocycles. The van der Waals surface area contributed by atoms with Gasteiger partial charge >= 0.3 is 0 Å². The molecule has 0 unspecified atom stereocenters. The van der Waals surface area contributed by atoms with Crippen molar-refractivity contribution in [3.05, 3.63) is 72.2 Å². The lowest BCUT2D eigenvalue weighted by Crippen LogP contribution is -2.22. The van der Waals surface area contributed by atoms with E-state index < -0.39 is 0 Å². The first kappa shape index (κ1) is 18.5. The van der Waals surface area contributed by atoms with Crippen LogP contribution in [0.3, 0.4) is 0 Å². The monoisotopic (exact) mass is 406 g/mol. The van der Waals surface area contributed by atoms with Crippen LogP contribution in [-0.2, 0) is 4.79 Å². The van der Waals surface area contributed by atoms with Gasteiger partial charge in [-0.1, -0.05) is 72.4 Å². The molecule has 0 fully saturated rings. The number of anilines is 1. The number of nitrogens with one attached hydrogen (secondary N) is 2. The van der Waals surface area contributed by atoms with Gasteiger partial charge in [-0.2, -0.15) is 0 Å². The van der Waals surface area contributed by atoms with Crippen LogP contribution in [-0.4, -0.2) is 26.1 Å². The Hall–Kier alpha value is -2.90. The van der Waals surface area contributed by atoms with Crippen LogP contribution < -0.4 is 5.32 Å². The van der Waals surface area contributed by atoms with Crippen LogP contribution in [0.2, 0.25) is 0 Å². The van der Waals surface area contributed by atoms with Crippen LogP contribution in [0.5, 0.6) is 0 Å². The number of hydrogen-bond acceptors (Lipinski definition) is 5. The minimum absolute atomic E-state index is 0.0983. The smallest absolute Gasteiger partial charge is 0.239 e. The van der Waals surface area contributed by atoms with E-state index >= 15 is 0 Å². The Morgan fingerprint density at radius 1 is 1.07 bits per heavy atom. The number of imidazole rings is 1. The highest BCUT2D eigenvalue weighted by Crippen LogP contribution is 2.33. The lowest BCUT2D eigenvalue weighted by atomic mass is 10.1. The predicted octanol–water partition coefficient (Wildman–Crippen LogP) is 5.32. The highest BCUT2D eigenvalue weighted by atomic mass is 32.2. The zero-order chi connectivity index (χ0) is 19.3. The molecule has 0 spiro atoms. The molecule has 5 nitrogen and oxygen atoms in total. The summed E-state index contributed by atoms with van der Waals surface area (Å²) in [6.07, 6.45) is 1.67. The minimum Gasteiger partial charge on any atom is -0.332 e. The Labute approximate surface area is 171 Å². The predicted molar refractivity (Wildman–Crippen MR) is 116 cm³/mol. The molecule has 0 aliphatic rings. The van der Waals surface area contributed by atoms with E-state index in [0.717, 1.165) is 22.5 Å². The Kier molecular flexibility index (Phi) is 5.55. The molecular formula is C21H18N4OS2.